The molecule has 0 heterocycles. The van der Waals surface area contributed by atoms with Gasteiger partial charge >= 0.3 is 0 Å². The van der Waals surface area contributed by atoms with E-state index < -0.39 is 15.9 Å². The Kier molecular flexibility index (Phi) is 6.48. The Hall–Kier alpha value is -2.83. The topological polar surface area (TPSA) is 66.5 Å². The van der Waals surface area contributed by atoms with E-state index in [0.29, 0.717) is 16.4 Å². The van der Waals surface area contributed by atoms with E-state index in [1.807, 2.05) is 51.1 Å². The zero-order valence-electron chi connectivity index (χ0n) is 17.0. The fraction of sp³-hybridized carbons (Fsp3) is 0.174. The van der Waals surface area contributed by atoms with Crippen LogP contribution < -0.4 is 9.62 Å². The molecule has 0 aromatic heterocycles. The molecule has 0 aliphatic carbocycles. The molecular formula is C23H23ClN2O3S. The van der Waals surface area contributed by atoms with Crippen LogP contribution in [0.15, 0.2) is 71.6 Å². The van der Waals surface area contributed by atoms with E-state index in [2.05, 4.69) is 5.32 Å². The second-order valence-corrected chi connectivity index (χ2v) is 9.52. The van der Waals surface area contributed by atoms with Gasteiger partial charge < -0.3 is 5.32 Å². The number of carbonyl (C=O) groups excluding carboxylic acids is 1. The Morgan fingerprint density at radius 1 is 0.867 bits per heavy atom. The van der Waals surface area contributed by atoms with Crippen molar-refractivity contribution in [1.82, 2.24) is 0 Å². The van der Waals surface area contributed by atoms with Crippen LogP contribution in [0.25, 0.3) is 0 Å². The van der Waals surface area contributed by atoms with Crippen LogP contribution in [0.1, 0.15) is 16.7 Å². The van der Waals surface area contributed by atoms with Gasteiger partial charge in [0.25, 0.3) is 10.0 Å². The predicted octanol–water partition coefficient (Wildman–Crippen LogP) is 5.10. The van der Waals surface area contributed by atoms with Crippen molar-refractivity contribution in [1.29, 1.82) is 0 Å². The van der Waals surface area contributed by atoms with Gasteiger partial charge in [-0.15, -0.1) is 0 Å². The molecule has 0 spiro atoms. The predicted molar refractivity (Wildman–Crippen MR) is 122 cm³/mol. The summed E-state index contributed by atoms with van der Waals surface area (Å²) in [6.45, 7) is 5.42. The van der Waals surface area contributed by atoms with Crippen LogP contribution in [0.2, 0.25) is 5.02 Å². The summed E-state index contributed by atoms with van der Waals surface area (Å²) in [6.07, 6.45) is 0. The number of nitrogens with one attached hydrogen (secondary N) is 1. The van der Waals surface area contributed by atoms with Gasteiger partial charge in [-0.25, -0.2) is 8.42 Å². The number of anilines is 2. The van der Waals surface area contributed by atoms with Gasteiger partial charge in [-0.1, -0.05) is 35.4 Å². The molecule has 0 radical (unpaired) electrons. The van der Waals surface area contributed by atoms with Crippen molar-refractivity contribution < 1.29 is 13.2 Å². The van der Waals surface area contributed by atoms with Gasteiger partial charge in [0.1, 0.15) is 6.54 Å². The summed E-state index contributed by atoms with van der Waals surface area (Å²) in [5.74, 6) is -0.432. The molecular weight excluding hydrogens is 420 g/mol. The Balaban J connectivity index is 1.94. The maximum atomic E-state index is 13.3. The number of hydrogen-bond donors (Lipinski definition) is 1. The number of benzene rings is 3. The molecule has 7 heteroatoms. The minimum atomic E-state index is -3.97. The molecule has 3 aromatic rings. The monoisotopic (exact) mass is 442 g/mol. The fourth-order valence-corrected chi connectivity index (χ4v) is 4.68. The molecule has 1 N–H and O–H groups in total. The molecule has 156 valence electrons. The van der Waals surface area contributed by atoms with E-state index >= 15 is 0 Å². The lowest BCUT2D eigenvalue weighted by Crippen LogP contribution is -2.38. The van der Waals surface area contributed by atoms with Crippen molar-refractivity contribution in [2.45, 2.75) is 25.7 Å². The highest BCUT2D eigenvalue weighted by Crippen LogP contribution is 2.25. The Labute approximate surface area is 182 Å². The third-order valence-electron chi connectivity index (χ3n) is 4.52. The molecule has 0 bridgehead atoms. The highest BCUT2D eigenvalue weighted by Gasteiger charge is 2.27. The molecule has 0 saturated heterocycles. The molecule has 30 heavy (non-hydrogen) atoms. The van der Waals surface area contributed by atoms with E-state index in [0.717, 1.165) is 21.0 Å². The number of hydrogen-bond acceptors (Lipinski definition) is 3. The lowest BCUT2D eigenvalue weighted by atomic mass is 10.1. The first-order valence-electron chi connectivity index (χ1n) is 9.38. The summed E-state index contributed by atoms with van der Waals surface area (Å²) in [6, 6.07) is 18.6. The third kappa shape index (κ3) is 5.20. The van der Waals surface area contributed by atoms with Crippen molar-refractivity contribution >= 4 is 38.9 Å². The summed E-state index contributed by atoms with van der Waals surface area (Å²) in [5, 5.41) is 3.24. The van der Waals surface area contributed by atoms with Crippen LogP contribution in [0.5, 0.6) is 0 Å². The zero-order chi connectivity index (χ0) is 21.9. The van der Waals surface area contributed by atoms with Crippen molar-refractivity contribution in [3.63, 3.8) is 0 Å². The van der Waals surface area contributed by atoms with Crippen molar-refractivity contribution in [2.24, 2.45) is 0 Å². The van der Waals surface area contributed by atoms with Crippen LogP contribution in [0.4, 0.5) is 11.4 Å². The maximum Gasteiger partial charge on any atom is 0.264 e. The average molecular weight is 443 g/mol. The molecule has 0 saturated carbocycles. The third-order valence-corrected chi connectivity index (χ3v) is 6.56. The lowest BCUT2D eigenvalue weighted by Gasteiger charge is -2.24. The van der Waals surface area contributed by atoms with E-state index in [1.165, 1.54) is 24.3 Å². The molecule has 0 aliphatic rings. The highest BCUT2D eigenvalue weighted by molar-refractivity contribution is 7.92. The number of aryl methyl sites for hydroxylation is 3. The quantitative estimate of drug-likeness (QED) is 0.577. The number of amides is 1. The summed E-state index contributed by atoms with van der Waals surface area (Å²) in [5.41, 5.74) is 4.04. The van der Waals surface area contributed by atoms with Crippen molar-refractivity contribution in [3.8, 4) is 0 Å². The van der Waals surface area contributed by atoms with E-state index in [1.54, 1.807) is 12.1 Å². The number of rotatable bonds is 6. The summed E-state index contributed by atoms with van der Waals surface area (Å²) in [4.78, 5) is 12.8. The first kappa shape index (κ1) is 21.9. The van der Waals surface area contributed by atoms with Crippen LogP contribution in [0, 0.1) is 20.8 Å². The first-order valence-corrected chi connectivity index (χ1v) is 11.2. The van der Waals surface area contributed by atoms with E-state index in [9.17, 15) is 13.2 Å². The largest absolute Gasteiger partial charge is 0.324 e. The normalized spacial score (nSPS) is 11.2. The van der Waals surface area contributed by atoms with Crippen molar-refractivity contribution in [3.05, 3.63) is 88.4 Å². The summed E-state index contributed by atoms with van der Waals surface area (Å²) >= 11 is 5.90. The molecule has 5 nitrogen and oxygen atoms in total. The highest BCUT2D eigenvalue weighted by atomic mass is 35.5. The van der Waals surface area contributed by atoms with Crippen LogP contribution in [-0.4, -0.2) is 20.9 Å². The van der Waals surface area contributed by atoms with Gasteiger partial charge in [0.2, 0.25) is 5.91 Å². The van der Waals surface area contributed by atoms with E-state index in [4.69, 9.17) is 11.6 Å². The molecule has 0 fully saturated rings. The number of carbonyl (C=O) groups is 1. The second-order valence-electron chi connectivity index (χ2n) is 7.23. The Morgan fingerprint density at radius 3 is 2.00 bits per heavy atom. The molecule has 3 rings (SSSR count). The minimum absolute atomic E-state index is 0.0617. The fourth-order valence-electron chi connectivity index (χ4n) is 3.14. The van der Waals surface area contributed by atoms with Gasteiger partial charge in [-0.2, -0.15) is 0 Å². The van der Waals surface area contributed by atoms with Crippen molar-refractivity contribution in [2.75, 3.05) is 16.2 Å². The van der Waals surface area contributed by atoms with Gasteiger partial charge in [0, 0.05) is 10.7 Å². The van der Waals surface area contributed by atoms with E-state index in [-0.39, 0.29) is 11.4 Å². The smallest absolute Gasteiger partial charge is 0.264 e. The maximum absolute atomic E-state index is 13.3. The number of sulfonamides is 1. The molecule has 3 aromatic carbocycles. The lowest BCUT2D eigenvalue weighted by molar-refractivity contribution is -0.114. The van der Waals surface area contributed by atoms with Gasteiger partial charge in [-0.05, 0) is 80.4 Å². The molecule has 0 aliphatic heterocycles. The van der Waals surface area contributed by atoms with Gasteiger partial charge in [-0.3, -0.25) is 9.10 Å². The first-order chi connectivity index (χ1) is 14.1. The number of halogens is 1. The standard InChI is InChI=1S/C23H23ClN2O3S/c1-16-4-8-21(9-5-16)26(30(28,29)22-10-6-19(24)7-11-22)15-23(27)25-20-13-17(2)12-18(3)14-20/h4-14H,15H2,1-3H3,(H,25,27). The molecule has 0 unspecified atom stereocenters. The second kappa shape index (κ2) is 8.90. The van der Waals surface area contributed by atoms with Crippen LogP contribution in [-0.2, 0) is 14.8 Å². The number of nitrogens with zero attached hydrogens (tertiary/aromatic N) is 1. The summed E-state index contributed by atoms with van der Waals surface area (Å²) < 4.78 is 27.8. The molecule has 1 amide bonds. The minimum Gasteiger partial charge on any atom is -0.324 e. The van der Waals surface area contributed by atoms with Gasteiger partial charge in [0.05, 0.1) is 10.6 Å². The Bertz CT molecular complexity index is 1140. The summed E-state index contributed by atoms with van der Waals surface area (Å²) in [7, 11) is -3.97. The van der Waals surface area contributed by atoms with Crippen LogP contribution >= 0.6 is 11.6 Å². The zero-order valence-corrected chi connectivity index (χ0v) is 18.6. The Morgan fingerprint density at radius 2 is 1.43 bits per heavy atom. The van der Waals surface area contributed by atoms with Gasteiger partial charge in [0.15, 0.2) is 0 Å². The molecule has 0 atom stereocenters. The van der Waals surface area contributed by atoms with Crippen LogP contribution in [0.3, 0.4) is 0 Å². The SMILES string of the molecule is Cc1ccc(N(CC(=O)Nc2cc(C)cc(C)c2)S(=O)(=O)c2ccc(Cl)cc2)cc1. The average Bonchev–Trinajstić information content (AvgIpc) is 2.66.